The number of rotatable bonds is 6. The van der Waals surface area contributed by atoms with Gasteiger partial charge in [0.25, 0.3) is 0 Å². The Morgan fingerprint density at radius 3 is 2.62 bits per heavy atom. The molecule has 0 saturated carbocycles. The summed E-state index contributed by atoms with van der Waals surface area (Å²) >= 11 is 6.30. The molecule has 21 heavy (non-hydrogen) atoms. The highest BCUT2D eigenvalue weighted by Gasteiger charge is 2.07. The van der Waals surface area contributed by atoms with Crippen LogP contribution >= 0.6 is 24.4 Å². The lowest BCUT2D eigenvalue weighted by molar-refractivity contribution is 0.183. The molecule has 0 bridgehead atoms. The Morgan fingerprint density at radius 1 is 1.14 bits per heavy atom. The molecule has 0 saturated heterocycles. The van der Waals surface area contributed by atoms with Crippen LogP contribution in [0.2, 0.25) is 0 Å². The van der Waals surface area contributed by atoms with Gasteiger partial charge in [0.1, 0.15) is 5.75 Å². The van der Waals surface area contributed by atoms with Crippen LogP contribution in [0.1, 0.15) is 16.7 Å². The molecule has 0 amide bonds. The summed E-state index contributed by atoms with van der Waals surface area (Å²) in [6, 6.07) is 12.5. The first-order valence-corrected chi connectivity index (χ1v) is 8.15. The average Bonchev–Trinajstić information content (AvgIpc) is 2.48. The third-order valence-electron chi connectivity index (χ3n) is 3.22. The van der Waals surface area contributed by atoms with E-state index < -0.39 is 0 Å². The summed E-state index contributed by atoms with van der Waals surface area (Å²) in [6.45, 7) is 2.66. The maximum Gasteiger partial charge on any atom is 0.135 e. The lowest BCUT2D eigenvalue weighted by atomic mass is 10.1. The van der Waals surface area contributed by atoms with Crippen LogP contribution in [0.4, 0.5) is 0 Å². The fraction of sp³-hybridized carbons (Fsp3) is 0.294. The van der Waals surface area contributed by atoms with Gasteiger partial charge in [0, 0.05) is 22.7 Å². The van der Waals surface area contributed by atoms with E-state index in [2.05, 4.69) is 56.0 Å². The molecular weight excluding hydrogens is 300 g/mol. The van der Waals surface area contributed by atoms with Gasteiger partial charge in [0.05, 0.1) is 13.7 Å². The molecular formula is C17H20O2S2. The standard InChI is InChI=1S/C17H20O2S2/c1-12-5-4-6-16(17(12)19-3)21-11-13-7-8-14(10-18-2)15(20)9-13/h4-9,20H,10-11H2,1-3H3. The van der Waals surface area contributed by atoms with E-state index in [1.165, 1.54) is 10.5 Å². The molecule has 112 valence electrons. The molecule has 0 N–H and O–H groups in total. The molecule has 2 rings (SSSR count). The summed E-state index contributed by atoms with van der Waals surface area (Å²) in [5.41, 5.74) is 3.52. The highest BCUT2D eigenvalue weighted by molar-refractivity contribution is 7.98. The van der Waals surface area contributed by atoms with Gasteiger partial charge >= 0.3 is 0 Å². The summed E-state index contributed by atoms with van der Waals surface area (Å²) in [7, 11) is 3.42. The predicted molar refractivity (Wildman–Crippen MR) is 91.7 cm³/mol. The third-order valence-corrected chi connectivity index (χ3v) is 4.75. The maximum atomic E-state index is 5.49. The van der Waals surface area contributed by atoms with Crippen LogP contribution in [0, 0.1) is 6.92 Å². The summed E-state index contributed by atoms with van der Waals surface area (Å²) in [4.78, 5) is 2.14. The summed E-state index contributed by atoms with van der Waals surface area (Å²) < 4.78 is 10.6. The molecule has 0 unspecified atom stereocenters. The quantitative estimate of drug-likeness (QED) is 0.613. The normalized spacial score (nSPS) is 10.7. The molecule has 0 aliphatic rings. The molecule has 2 aromatic carbocycles. The first-order valence-electron chi connectivity index (χ1n) is 6.71. The van der Waals surface area contributed by atoms with E-state index in [0.29, 0.717) is 6.61 Å². The fourth-order valence-corrected chi connectivity index (χ4v) is 3.50. The zero-order valence-corrected chi connectivity index (χ0v) is 14.3. The van der Waals surface area contributed by atoms with Crippen molar-refractivity contribution in [2.45, 2.75) is 29.1 Å². The van der Waals surface area contributed by atoms with Crippen molar-refractivity contribution in [3.05, 3.63) is 53.1 Å². The lowest BCUT2D eigenvalue weighted by Crippen LogP contribution is -1.92. The van der Waals surface area contributed by atoms with Crippen LogP contribution in [0.3, 0.4) is 0 Å². The highest BCUT2D eigenvalue weighted by Crippen LogP contribution is 2.34. The maximum absolute atomic E-state index is 5.49. The van der Waals surface area contributed by atoms with Gasteiger partial charge in [-0.15, -0.1) is 24.4 Å². The lowest BCUT2D eigenvalue weighted by Gasteiger charge is -2.11. The van der Waals surface area contributed by atoms with Gasteiger partial charge in [0.15, 0.2) is 0 Å². The van der Waals surface area contributed by atoms with Crippen molar-refractivity contribution in [1.29, 1.82) is 0 Å². The van der Waals surface area contributed by atoms with Crippen LogP contribution in [-0.2, 0) is 17.1 Å². The SMILES string of the molecule is COCc1ccc(CSc2cccc(C)c2OC)cc1S. The number of para-hydroxylation sites is 1. The van der Waals surface area contributed by atoms with Crippen LogP contribution in [0.25, 0.3) is 0 Å². The molecule has 0 fully saturated rings. The Kier molecular flexibility index (Phi) is 6.03. The van der Waals surface area contributed by atoms with Gasteiger partial charge < -0.3 is 9.47 Å². The van der Waals surface area contributed by atoms with E-state index in [-0.39, 0.29) is 0 Å². The minimum absolute atomic E-state index is 0.595. The monoisotopic (exact) mass is 320 g/mol. The van der Waals surface area contributed by atoms with Crippen molar-refractivity contribution in [1.82, 2.24) is 0 Å². The number of hydrogen-bond acceptors (Lipinski definition) is 4. The third kappa shape index (κ3) is 4.19. The van der Waals surface area contributed by atoms with Gasteiger partial charge in [-0.25, -0.2) is 0 Å². The Morgan fingerprint density at radius 2 is 1.95 bits per heavy atom. The number of thioether (sulfide) groups is 1. The van der Waals surface area contributed by atoms with Gasteiger partial charge in [-0.1, -0.05) is 24.3 Å². The summed E-state index contributed by atoms with van der Waals surface area (Å²) in [6.07, 6.45) is 0. The van der Waals surface area contributed by atoms with E-state index in [0.717, 1.165) is 27.5 Å². The number of methoxy groups -OCH3 is 2. The van der Waals surface area contributed by atoms with E-state index in [9.17, 15) is 0 Å². The van der Waals surface area contributed by atoms with Crippen LogP contribution in [0.5, 0.6) is 5.75 Å². The number of hydrogen-bond donors (Lipinski definition) is 1. The van der Waals surface area contributed by atoms with E-state index in [1.54, 1.807) is 26.0 Å². The number of aryl methyl sites for hydroxylation is 1. The molecule has 0 aliphatic carbocycles. The molecule has 0 aliphatic heterocycles. The molecule has 0 radical (unpaired) electrons. The van der Waals surface area contributed by atoms with Gasteiger partial charge in [0.2, 0.25) is 0 Å². The van der Waals surface area contributed by atoms with Crippen molar-refractivity contribution >= 4 is 24.4 Å². The van der Waals surface area contributed by atoms with E-state index in [1.807, 2.05) is 0 Å². The zero-order valence-electron chi connectivity index (χ0n) is 12.6. The number of ether oxygens (including phenoxy) is 2. The number of benzene rings is 2. The predicted octanol–water partition coefficient (Wildman–Crippen LogP) is 4.73. The van der Waals surface area contributed by atoms with Gasteiger partial charge in [-0.2, -0.15) is 0 Å². The smallest absolute Gasteiger partial charge is 0.135 e. The average molecular weight is 320 g/mol. The van der Waals surface area contributed by atoms with Crippen LogP contribution in [-0.4, -0.2) is 14.2 Å². The summed E-state index contributed by atoms with van der Waals surface area (Å²) in [5.74, 6) is 1.85. The Hall–Kier alpha value is -1.10. The van der Waals surface area contributed by atoms with Crippen molar-refractivity contribution in [2.24, 2.45) is 0 Å². The molecule has 4 heteroatoms. The first kappa shape index (κ1) is 16.3. The van der Waals surface area contributed by atoms with Crippen molar-refractivity contribution in [2.75, 3.05) is 14.2 Å². The van der Waals surface area contributed by atoms with Gasteiger partial charge in [-0.05, 0) is 35.7 Å². The van der Waals surface area contributed by atoms with E-state index in [4.69, 9.17) is 9.47 Å². The molecule has 0 spiro atoms. The molecule has 2 nitrogen and oxygen atoms in total. The molecule has 0 atom stereocenters. The minimum atomic E-state index is 0.595. The van der Waals surface area contributed by atoms with Crippen molar-refractivity contribution < 1.29 is 9.47 Å². The largest absolute Gasteiger partial charge is 0.495 e. The number of thiol groups is 1. The Balaban J connectivity index is 2.10. The Labute approximate surface area is 136 Å². The second kappa shape index (κ2) is 7.78. The second-order valence-electron chi connectivity index (χ2n) is 4.79. The van der Waals surface area contributed by atoms with Crippen molar-refractivity contribution in [3.63, 3.8) is 0 Å². The van der Waals surface area contributed by atoms with Crippen LogP contribution in [0.15, 0.2) is 46.2 Å². The van der Waals surface area contributed by atoms with Crippen LogP contribution < -0.4 is 4.74 Å². The first-order chi connectivity index (χ1) is 10.2. The highest BCUT2D eigenvalue weighted by atomic mass is 32.2. The van der Waals surface area contributed by atoms with Crippen molar-refractivity contribution in [3.8, 4) is 5.75 Å². The molecule has 0 heterocycles. The fourth-order valence-electron chi connectivity index (χ4n) is 2.14. The topological polar surface area (TPSA) is 18.5 Å². The van der Waals surface area contributed by atoms with Gasteiger partial charge in [-0.3, -0.25) is 0 Å². The second-order valence-corrected chi connectivity index (χ2v) is 6.29. The summed E-state index contributed by atoms with van der Waals surface area (Å²) in [5, 5.41) is 0. The zero-order chi connectivity index (χ0) is 15.2. The minimum Gasteiger partial charge on any atom is -0.495 e. The molecule has 2 aromatic rings. The van der Waals surface area contributed by atoms with E-state index >= 15 is 0 Å². The Bertz CT molecular complexity index is 612. The molecule has 0 aromatic heterocycles.